The van der Waals surface area contributed by atoms with E-state index in [0.717, 1.165) is 0 Å². The first-order valence-electron chi connectivity index (χ1n) is 10.0. The number of hydrogen-bond acceptors (Lipinski definition) is 0. The molecule has 0 bridgehead atoms. The maximum absolute atomic E-state index is 9.84. The van der Waals surface area contributed by atoms with E-state index in [9.17, 15) is 21.0 Å². The summed E-state index contributed by atoms with van der Waals surface area (Å²) in [5, 5.41) is 0. The Morgan fingerprint density at radius 2 is 1.07 bits per heavy atom. The number of hydrogen-bond donors (Lipinski definition) is 0. The second-order valence-corrected chi connectivity index (χ2v) is 11.2. The molecule has 8 heteroatoms. The van der Waals surface area contributed by atoms with Crippen LogP contribution in [-0.4, -0.2) is 0 Å². The minimum absolute atomic E-state index is 0. The molecule has 0 aromatic heterocycles. The van der Waals surface area contributed by atoms with Crippen molar-refractivity contribution in [3.8, 4) is 0 Å². The Morgan fingerprint density at radius 1 is 0.633 bits per heavy atom. The molecule has 2 aromatic carbocycles. The summed E-state index contributed by atoms with van der Waals surface area (Å²) < 4.78 is 52.2. The Bertz CT molecular complexity index is 655. The molecule has 0 radical (unpaired) electrons. The predicted octanol–water partition coefficient (Wildman–Crippen LogP) is 3.46. The van der Waals surface area contributed by atoms with Gasteiger partial charge in [-0.1, -0.05) is 82.2 Å². The minimum Gasteiger partial charge on any atom is -1.00 e. The molecule has 0 aliphatic rings. The van der Waals surface area contributed by atoms with E-state index in [0.29, 0.717) is 0 Å². The quantitative estimate of drug-likeness (QED) is 0.169. The summed E-state index contributed by atoms with van der Waals surface area (Å²) in [6.45, 7) is 2.28. The smallest absolute Gasteiger partial charge is 1.00 e. The molecule has 0 N–H and O–H groups in total. The SMILES string of the molecule is CCCCCCCCCCc1ccc([I+]c2ccccc2)cc1.FP(F)(F)(F)F.[F-]. The molecule has 2 rings (SSSR count). The van der Waals surface area contributed by atoms with Crippen molar-refractivity contribution in [1.82, 2.24) is 0 Å². The van der Waals surface area contributed by atoms with Crippen molar-refractivity contribution in [2.75, 3.05) is 0 Å². The summed E-state index contributed by atoms with van der Waals surface area (Å²) >= 11 is -0.0116. The van der Waals surface area contributed by atoms with Gasteiger partial charge >= 0.3 is 50.3 Å². The summed E-state index contributed by atoms with van der Waals surface area (Å²) in [6.07, 6.45) is 12.5. The fourth-order valence-electron chi connectivity index (χ4n) is 2.78. The zero-order valence-electron chi connectivity index (χ0n) is 17.2. The molecular formula is C22H30F6IP. The van der Waals surface area contributed by atoms with Crippen molar-refractivity contribution in [2.45, 2.75) is 64.7 Å². The first-order chi connectivity index (χ1) is 13.6. The third-order valence-corrected chi connectivity index (χ3v) is 6.87. The normalized spacial score (nSPS) is 12.1. The summed E-state index contributed by atoms with van der Waals surface area (Å²) in [7, 11) is -8.55. The van der Waals surface area contributed by atoms with Crippen molar-refractivity contribution in [3.05, 3.63) is 67.3 Å². The van der Waals surface area contributed by atoms with E-state index in [-0.39, 0.29) is 25.9 Å². The fourth-order valence-corrected chi connectivity index (χ4v) is 4.99. The molecule has 0 aliphatic heterocycles. The number of halogens is 7. The van der Waals surface area contributed by atoms with Crippen LogP contribution in [0.25, 0.3) is 0 Å². The van der Waals surface area contributed by atoms with Crippen LogP contribution < -0.4 is 25.9 Å². The van der Waals surface area contributed by atoms with Gasteiger partial charge in [0.1, 0.15) is 0 Å². The van der Waals surface area contributed by atoms with E-state index < -0.39 is 8.16 Å². The van der Waals surface area contributed by atoms with Gasteiger partial charge in [0.2, 0.25) is 0 Å². The molecule has 0 unspecified atom stereocenters. The molecule has 0 saturated carbocycles. The summed E-state index contributed by atoms with van der Waals surface area (Å²) in [5.74, 6) is 0. The van der Waals surface area contributed by atoms with E-state index in [4.69, 9.17) is 0 Å². The third kappa shape index (κ3) is 19.2. The second-order valence-electron chi connectivity index (χ2n) is 6.88. The van der Waals surface area contributed by atoms with E-state index in [1.807, 2.05) is 0 Å². The van der Waals surface area contributed by atoms with E-state index in [1.54, 1.807) is 0 Å². The number of aryl methyl sites for hydroxylation is 1. The van der Waals surface area contributed by atoms with Gasteiger partial charge in [0, 0.05) is 0 Å². The molecular weight excluding hydrogens is 536 g/mol. The van der Waals surface area contributed by atoms with Crippen LogP contribution in [-0.2, 0) is 6.42 Å². The Hall–Kier alpha value is -0.820. The van der Waals surface area contributed by atoms with Gasteiger partial charge in [0.25, 0.3) is 0 Å². The second kappa shape index (κ2) is 15.1. The number of benzene rings is 2. The number of rotatable bonds is 11. The predicted molar refractivity (Wildman–Crippen MR) is 109 cm³/mol. The summed E-state index contributed by atoms with van der Waals surface area (Å²) in [6, 6.07) is 20.3. The van der Waals surface area contributed by atoms with Gasteiger partial charge in [0.15, 0.2) is 7.14 Å². The standard InChI is InChI=1S/C22H30I.F5P.FH/c1-2-3-4-5-6-7-8-10-13-20-16-18-22(19-17-20)23-21-14-11-9-12-15-21;1-6(2,3,4)5;/h9,11-12,14-19H,2-8,10,13H2,1H3;;1H/q+1;;/p-1. The van der Waals surface area contributed by atoms with Crippen molar-refractivity contribution in [1.29, 1.82) is 0 Å². The van der Waals surface area contributed by atoms with Gasteiger partial charge in [-0.2, -0.15) is 0 Å². The molecule has 0 heterocycles. The molecule has 2 aromatic rings. The number of unbranched alkanes of at least 4 members (excludes halogenated alkanes) is 7. The van der Waals surface area contributed by atoms with Crippen molar-refractivity contribution in [3.63, 3.8) is 0 Å². The van der Waals surface area contributed by atoms with Crippen LogP contribution in [0.4, 0.5) is 21.0 Å². The first kappa shape index (κ1) is 29.2. The van der Waals surface area contributed by atoms with Crippen LogP contribution >= 0.6 is 8.16 Å². The zero-order chi connectivity index (χ0) is 21.6. The van der Waals surface area contributed by atoms with Gasteiger partial charge in [0.05, 0.1) is 0 Å². The molecule has 0 aliphatic carbocycles. The molecule has 0 nitrogen and oxygen atoms in total. The molecule has 0 amide bonds. The minimum atomic E-state index is -8.55. The van der Waals surface area contributed by atoms with Gasteiger partial charge < -0.3 is 4.70 Å². The molecule has 0 fully saturated rings. The van der Waals surface area contributed by atoms with E-state index >= 15 is 0 Å². The third-order valence-electron chi connectivity index (χ3n) is 4.18. The van der Waals surface area contributed by atoms with Crippen molar-refractivity contribution >= 4 is 8.16 Å². The van der Waals surface area contributed by atoms with Crippen LogP contribution in [0.1, 0.15) is 63.9 Å². The van der Waals surface area contributed by atoms with Crippen LogP contribution in [0, 0.1) is 7.14 Å². The largest absolute Gasteiger partial charge is 1.00 e. The van der Waals surface area contributed by atoms with Crippen LogP contribution in [0.15, 0.2) is 54.6 Å². The zero-order valence-corrected chi connectivity index (χ0v) is 20.2. The fraction of sp³-hybridized carbons (Fsp3) is 0.455. The van der Waals surface area contributed by atoms with Gasteiger partial charge in [-0.3, -0.25) is 0 Å². The van der Waals surface area contributed by atoms with Gasteiger partial charge in [-0.25, -0.2) is 0 Å². The molecule has 0 spiro atoms. The van der Waals surface area contributed by atoms with Gasteiger partial charge in [-0.15, -0.1) is 0 Å². The molecule has 30 heavy (non-hydrogen) atoms. The van der Waals surface area contributed by atoms with Crippen LogP contribution in [0.5, 0.6) is 0 Å². The van der Waals surface area contributed by atoms with E-state index in [1.165, 1.54) is 70.5 Å². The topological polar surface area (TPSA) is 0 Å². The summed E-state index contributed by atoms with van der Waals surface area (Å²) in [5.41, 5.74) is 1.51. The summed E-state index contributed by atoms with van der Waals surface area (Å²) in [4.78, 5) is 0. The molecule has 172 valence electrons. The first-order valence-corrected chi connectivity index (χ1v) is 13.9. The van der Waals surface area contributed by atoms with Crippen molar-refractivity contribution in [2.24, 2.45) is 0 Å². The molecule has 0 saturated heterocycles. The molecule has 0 atom stereocenters. The Balaban J connectivity index is 0.00000105. The average molecular weight is 566 g/mol. The average Bonchev–Trinajstić information content (AvgIpc) is 2.64. The Labute approximate surface area is 186 Å². The van der Waals surface area contributed by atoms with Crippen LogP contribution in [0.2, 0.25) is 0 Å². The van der Waals surface area contributed by atoms with E-state index in [2.05, 4.69) is 61.5 Å². The van der Waals surface area contributed by atoms with Crippen LogP contribution in [0.3, 0.4) is 0 Å². The monoisotopic (exact) mass is 566 g/mol. The maximum atomic E-state index is 9.84. The van der Waals surface area contributed by atoms with Gasteiger partial charge in [-0.05, 0) is 42.7 Å². The van der Waals surface area contributed by atoms with Crippen molar-refractivity contribution < 1.29 is 46.9 Å². The Kier molecular flexibility index (Phi) is 14.6. The Morgan fingerprint density at radius 3 is 1.57 bits per heavy atom. The maximum Gasteiger partial charge on any atom is -1.00 e.